The molecule has 5 aromatic carbocycles. The van der Waals surface area contributed by atoms with Crippen molar-refractivity contribution in [3.05, 3.63) is 72.8 Å². The molecule has 0 aliphatic rings. The van der Waals surface area contributed by atoms with E-state index in [-0.39, 0.29) is 5.75 Å². The van der Waals surface area contributed by atoms with Crippen LogP contribution in [0.25, 0.3) is 43.1 Å². The fourth-order valence-corrected chi connectivity index (χ4v) is 3.87. The van der Waals surface area contributed by atoms with Crippen LogP contribution in [0.4, 0.5) is 5.69 Å². The number of rotatable bonds is 1. The number of aromatic hydroxyl groups is 1. The summed E-state index contributed by atoms with van der Waals surface area (Å²) in [5, 5.41) is 22.9. The van der Waals surface area contributed by atoms with E-state index in [4.69, 9.17) is 0 Å². The SMILES string of the molecule is CNc1cc2c(ccc3c2ccc2c4ccccc4ccc23)cc1O. The lowest BCUT2D eigenvalue weighted by molar-refractivity contribution is 0.478. The number of anilines is 1. The van der Waals surface area contributed by atoms with Gasteiger partial charge in [-0.05, 0) is 55.2 Å². The lowest BCUT2D eigenvalue weighted by Gasteiger charge is -2.12. The molecule has 0 aliphatic carbocycles. The predicted octanol–water partition coefficient (Wildman–Crippen LogP) is 6.05. The Morgan fingerprint density at radius 1 is 0.600 bits per heavy atom. The molecule has 0 aromatic heterocycles. The van der Waals surface area contributed by atoms with Crippen LogP contribution in [0.1, 0.15) is 0 Å². The van der Waals surface area contributed by atoms with Gasteiger partial charge in [-0.3, -0.25) is 0 Å². The first-order valence-corrected chi connectivity index (χ1v) is 8.44. The van der Waals surface area contributed by atoms with E-state index in [1.807, 2.05) is 19.2 Å². The average Bonchev–Trinajstić information content (AvgIpc) is 2.66. The molecular weight excluding hydrogens is 306 g/mol. The molecule has 2 nitrogen and oxygen atoms in total. The Kier molecular flexibility index (Phi) is 2.89. The van der Waals surface area contributed by atoms with Gasteiger partial charge < -0.3 is 10.4 Å². The zero-order valence-electron chi connectivity index (χ0n) is 13.9. The number of phenols is 1. The van der Waals surface area contributed by atoms with Gasteiger partial charge in [-0.15, -0.1) is 0 Å². The fraction of sp³-hybridized carbons (Fsp3) is 0.0435. The van der Waals surface area contributed by atoms with Gasteiger partial charge in [-0.1, -0.05) is 60.7 Å². The largest absolute Gasteiger partial charge is 0.506 e. The minimum absolute atomic E-state index is 0.279. The Hall–Kier alpha value is -3.26. The van der Waals surface area contributed by atoms with Crippen molar-refractivity contribution in [1.29, 1.82) is 0 Å². The summed E-state index contributed by atoms with van der Waals surface area (Å²) in [6, 6.07) is 25.4. The summed E-state index contributed by atoms with van der Waals surface area (Å²) < 4.78 is 0. The van der Waals surface area contributed by atoms with E-state index >= 15 is 0 Å². The van der Waals surface area contributed by atoms with E-state index in [9.17, 15) is 5.11 Å². The van der Waals surface area contributed by atoms with Crippen molar-refractivity contribution in [3.63, 3.8) is 0 Å². The Balaban J connectivity index is 1.96. The van der Waals surface area contributed by atoms with Gasteiger partial charge in [0.05, 0.1) is 5.69 Å². The minimum Gasteiger partial charge on any atom is -0.506 e. The van der Waals surface area contributed by atoms with Crippen molar-refractivity contribution in [2.24, 2.45) is 0 Å². The number of nitrogens with one attached hydrogen (secondary N) is 1. The molecule has 0 saturated heterocycles. The predicted molar refractivity (Wildman–Crippen MR) is 108 cm³/mol. The fourth-order valence-electron chi connectivity index (χ4n) is 3.87. The van der Waals surface area contributed by atoms with E-state index in [0.717, 1.165) is 16.5 Å². The van der Waals surface area contributed by atoms with Gasteiger partial charge in [0.25, 0.3) is 0 Å². The summed E-state index contributed by atoms with van der Waals surface area (Å²) in [5.74, 6) is 0.279. The van der Waals surface area contributed by atoms with Gasteiger partial charge in [0.2, 0.25) is 0 Å². The van der Waals surface area contributed by atoms with Gasteiger partial charge in [0.15, 0.2) is 0 Å². The van der Waals surface area contributed by atoms with Gasteiger partial charge in [-0.2, -0.15) is 0 Å². The molecule has 0 atom stereocenters. The molecule has 0 heterocycles. The highest BCUT2D eigenvalue weighted by atomic mass is 16.3. The molecule has 2 heteroatoms. The highest BCUT2D eigenvalue weighted by Crippen LogP contribution is 2.37. The van der Waals surface area contributed by atoms with Crippen LogP contribution in [-0.2, 0) is 0 Å². The molecule has 25 heavy (non-hydrogen) atoms. The zero-order chi connectivity index (χ0) is 17.0. The molecule has 0 fully saturated rings. The van der Waals surface area contributed by atoms with E-state index in [0.29, 0.717) is 0 Å². The number of hydrogen-bond donors (Lipinski definition) is 2. The van der Waals surface area contributed by atoms with Crippen LogP contribution in [0.15, 0.2) is 72.8 Å². The lowest BCUT2D eigenvalue weighted by Crippen LogP contribution is -1.89. The molecule has 5 aromatic rings. The third kappa shape index (κ3) is 1.97. The topological polar surface area (TPSA) is 32.3 Å². The maximum Gasteiger partial charge on any atom is 0.139 e. The molecule has 0 radical (unpaired) electrons. The quantitative estimate of drug-likeness (QED) is 0.291. The maximum atomic E-state index is 10.1. The van der Waals surface area contributed by atoms with Crippen molar-refractivity contribution in [2.75, 3.05) is 12.4 Å². The summed E-state index contributed by atoms with van der Waals surface area (Å²) in [4.78, 5) is 0. The van der Waals surface area contributed by atoms with Crippen molar-refractivity contribution in [1.82, 2.24) is 0 Å². The second-order valence-corrected chi connectivity index (χ2v) is 6.45. The molecule has 0 aliphatic heterocycles. The Labute approximate surface area is 145 Å². The van der Waals surface area contributed by atoms with Crippen molar-refractivity contribution < 1.29 is 5.11 Å². The van der Waals surface area contributed by atoms with Crippen LogP contribution in [0.2, 0.25) is 0 Å². The van der Waals surface area contributed by atoms with E-state index in [2.05, 4.69) is 66.0 Å². The van der Waals surface area contributed by atoms with Gasteiger partial charge >= 0.3 is 0 Å². The summed E-state index contributed by atoms with van der Waals surface area (Å²) in [5.41, 5.74) is 0.749. The van der Waals surface area contributed by atoms with Crippen LogP contribution in [0.5, 0.6) is 5.75 Å². The van der Waals surface area contributed by atoms with Crippen molar-refractivity contribution in [2.45, 2.75) is 0 Å². The van der Waals surface area contributed by atoms with E-state index in [1.54, 1.807) is 0 Å². The second-order valence-electron chi connectivity index (χ2n) is 6.45. The molecule has 0 saturated carbocycles. The molecule has 5 rings (SSSR count). The monoisotopic (exact) mass is 323 g/mol. The van der Waals surface area contributed by atoms with Crippen molar-refractivity contribution >= 4 is 48.8 Å². The number of fused-ring (bicyclic) bond motifs is 7. The molecule has 0 amide bonds. The van der Waals surface area contributed by atoms with Crippen LogP contribution in [0.3, 0.4) is 0 Å². The third-order valence-electron chi connectivity index (χ3n) is 5.12. The standard InChI is InChI=1S/C23H17NO/c1-24-22-13-21-15(12-23(22)25)7-9-19-18-8-6-14-4-2-3-5-16(14)17(18)10-11-20(19)21/h2-13,24-25H,1H3. The first kappa shape index (κ1) is 14.1. The zero-order valence-corrected chi connectivity index (χ0v) is 13.9. The molecule has 120 valence electrons. The first-order valence-electron chi connectivity index (χ1n) is 8.44. The second kappa shape index (κ2) is 5.12. The summed E-state index contributed by atoms with van der Waals surface area (Å²) in [7, 11) is 1.83. The normalized spacial score (nSPS) is 11.6. The molecule has 2 N–H and O–H groups in total. The first-order chi connectivity index (χ1) is 12.3. The Morgan fingerprint density at radius 2 is 1.20 bits per heavy atom. The molecule has 0 spiro atoms. The molecular formula is C23H17NO. The van der Waals surface area contributed by atoms with Crippen LogP contribution in [0, 0.1) is 0 Å². The highest BCUT2D eigenvalue weighted by molar-refractivity contribution is 6.22. The highest BCUT2D eigenvalue weighted by Gasteiger charge is 2.09. The molecule has 0 bridgehead atoms. The smallest absolute Gasteiger partial charge is 0.139 e. The summed E-state index contributed by atoms with van der Waals surface area (Å²) in [6.07, 6.45) is 0. The number of benzene rings is 5. The summed E-state index contributed by atoms with van der Waals surface area (Å²) >= 11 is 0. The van der Waals surface area contributed by atoms with Gasteiger partial charge in [0, 0.05) is 7.05 Å². The Morgan fingerprint density at radius 3 is 1.96 bits per heavy atom. The van der Waals surface area contributed by atoms with Gasteiger partial charge in [0.1, 0.15) is 5.75 Å². The maximum absolute atomic E-state index is 10.1. The number of phenolic OH excluding ortho intramolecular Hbond substituents is 1. The average molecular weight is 323 g/mol. The summed E-state index contributed by atoms with van der Waals surface area (Å²) in [6.45, 7) is 0. The van der Waals surface area contributed by atoms with Gasteiger partial charge in [-0.25, -0.2) is 0 Å². The third-order valence-corrected chi connectivity index (χ3v) is 5.12. The van der Waals surface area contributed by atoms with Crippen LogP contribution >= 0.6 is 0 Å². The molecule has 0 unspecified atom stereocenters. The van der Waals surface area contributed by atoms with Crippen molar-refractivity contribution in [3.8, 4) is 5.75 Å². The number of hydrogen-bond acceptors (Lipinski definition) is 2. The van der Waals surface area contributed by atoms with E-state index in [1.165, 1.54) is 32.3 Å². The van der Waals surface area contributed by atoms with Crippen LogP contribution in [-0.4, -0.2) is 12.2 Å². The minimum atomic E-state index is 0.279. The van der Waals surface area contributed by atoms with E-state index < -0.39 is 0 Å². The Bertz CT molecular complexity index is 1290. The van der Waals surface area contributed by atoms with Crippen LogP contribution < -0.4 is 5.32 Å². The lowest BCUT2D eigenvalue weighted by atomic mass is 9.94.